The summed E-state index contributed by atoms with van der Waals surface area (Å²) >= 11 is 0. The molecule has 1 aliphatic heterocycles. The Kier molecular flexibility index (Phi) is 4.28. The first-order chi connectivity index (χ1) is 11.5. The zero-order valence-electron chi connectivity index (χ0n) is 12.2. The highest BCUT2D eigenvalue weighted by Crippen LogP contribution is 2.29. The first-order valence-corrected chi connectivity index (χ1v) is 6.94. The van der Waals surface area contributed by atoms with Crippen molar-refractivity contribution in [2.24, 2.45) is 0 Å². The molecule has 24 heavy (non-hydrogen) atoms. The summed E-state index contributed by atoms with van der Waals surface area (Å²) in [6.45, 7) is -3.01. The van der Waals surface area contributed by atoms with Gasteiger partial charge in [-0.3, -0.25) is 9.59 Å². The van der Waals surface area contributed by atoms with Crippen LogP contribution in [-0.4, -0.2) is 25.0 Å². The minimum absolute atomic E-state index is 0.000853. The van der Waals surface area contributed by atoms with Gasteiger partial charge in [-0.1, -0.05) is 0 Å². The maximum atomic E-state index is 12.2. The van der Waals surface area contributed by atoms with Gasteiger partial charge in [0, 0.05) is 11.3 Å². The number of ether oxygens (including phenoxy) is 2. The van der Waals surface area contributed by atoms with Crippen molar-refractivity contribution >= 4 is 23.2 Å². The molecule has 6 nitrogen and oxygen atoms in total. The number of hydrogen-bond acceptors (Lipinski definition) is 4. The van der Waals surface area contributed by atoms with Crippen LogP contribution in [0, 0.1) is 0 Å². The molecule has 1 heterocycles. The zero-order chi connectivity index (χ0) is 17.1. The second kappa shape index (κ2) is 6.53. The monoisotopic (exact) mass is 334 g/mol. The van der Waals surface area contributed by atoms with Crippen molar-refractivity contribution in [3.05, 3.63) is 48.0 Å². The Hall–Kier alpha value is -3.16. The van der Waals surface area contributed by atoms with Crippen molar-refractivity contribution in [3.8, 4) is 11.5 Å². The summed E-state index contributed by atoms with van der Waals surface area (Å²) in [5.41, 5.74) is 1.25. The number of halogens is 2. The normalized spacial score (nSPS) is 12.9. The van der Waals surface area contributed by atoms with Crippen molar-refractivity contribution < 1.29 is 27.8 Å². The Labute approximate surface area is 135 Å². The molecular formula is C16H12F2N2O4. The minimum Gasteiger partial charge on any atom is -0.482 e. The molecule has 0 saturated heterocycles. The molecule has 0 bridgehead atoms. The fourth-order valence-electron chi connectivity index (χ4n) is 2.14. The van der Waals surface area contributed by atoms with Crippen molar-refractivity contribution in [2.75, 3.05) is 17.2 Å². The zero-order valence-corrected chi connectivity index (χ0v) is 12.2. The SMILES string of the molecule is O=C1COc2cc(C(=O)Nc3ccc(OC(F)F)cc3)ccc2N1. The van der Waals surface area contributed by atoms with E-state index in [1.807, 2.05) is 0 Å². The summed E-state index contributed by atoms with van der Waals surface area (Å²) in [7, 11) is 0. The van der Waals surface area contributed by atoms with Crippen molar-refractivity contribution in [1.29, 1.82) is 0 Å². The van der Waals surface area contributed by atoms with Gasteiger partial charge in [-0.15, -0.1) is 0 Å². The third-order valence-electron chi connectivity index (χ3n) is 3.21. The number of fused-ring (bicyclic) bond motifs is 1. The van der Waals surface area contributed by atoms with E-state index in [0.29, 0.717) is 22.7 Å². The maximum absolute atomic E-state index is 12.2. The number of nitrogens with one attached hydrogen (secondary N) is 2. The Bertz CT molecular complexity index is 778. The van der Waals surface area contributed by atoms with E-state index in [1.54, 1.807) is 6.07 Å². The van der Waals surface area contributed by atoms with Crippen LogP contribution in [0.15, 0.2) is 42.5 Å². The number of benzene rings is 2. The summed E-state index contributed by atoms with van der Waals surface area (Å²) in [5.74, 6) is -0.254. The van der Waals surface area contributed by atoms with Crippen LogP contribution in [0.1, 0.15) is 10.4 Å². The van der Waals surface area contributed by atoms with Crippen LogP contribution < -0.4 is 20.1 Å². The molecule has 2 N–H and O–H groups in total. The highest BCUT2D eigenvalue weighted by Gasteiger charge is 2.18. The van der Waals surface area contributed by atoms with Gasteiger partial charge in [-0.05, 0) is 42.5 Å². The van der Waals surface area contributed by atoms with Crippen LogP contribution in [0.2, 0.25) is 0 Å². The van der Waals surface area contributed by atoms with E-state index in [9.17, 15) is 18.4 Å². The average molecular weight is 334 g/mol. The van der Waals surface area contributed by atoms with E-state index in [4.69, 9.17) is 4.74 Å². The smallest absolute Gasteiger partial charge is 0.387 e. The average Bonchev–Trinajstić information content (AvgIpc) is 2.55. The van der Waals surface area contributed by atoms with Gasteiger partial charge in [0.1, 0.15) is 11.5 Å². The van der Waals surface area contributed by atoms with E-state index < -0.39 is 12.5 Å². The fraction of sp³-hybridized carbons (Fsp3) is 0.125. The molecule has 0 unspecified atom stereocenters. The number of carbonyl (C=O) groups is 2. The Morgan fingerprint density at radius 2 is 1.96 bits per heavy atom. The van der Waals surface area contributed by atoms with Crippen LogP contribution >= 0.6 is 0 Å². The number of amides is 2. The lowest BCUT2D eigenvalue weighted by Gasteiger charge is -2.18. The molecule has 8 heteroatoms. The highest BCUT2D eigenvalue weighted by atomic mass is 19.3. The molecule has 0 atom stereocenters. The lowest BCUT2D eigenvalue weighted by Crippen LogP contribution is -2.25. The van der Waals surface area contributed by atoms with Gasteiger partial charge in [0.05, 0.1) is 5.69 Å². The van der Waals surface area contributed by atoms with Gasteiger partial charge < -0.3 is 20.1 Å². The van der Waals surface area contributed by atoms with Crippen LogP contribution in [-0.2, 0) is 4.79 Å². The maximum Gasteiger partial charge on any atom is 0.387 e. The van der Waals surface area contributed by atoms with Gasteiger partial charge in [-0.25, -0.2) is 0 Å². The lowest BCUT2D eigenvalue weighted by molar-refractivity contribution is -0.118. The van der Waals surface area contributed by atoms with Gasteiger partial charge in [0.15, 0.2) is 6.61 Å². The van der Waals surface area contributed by atoms with Crippen molar-refractivity contribution in [2.45, 2.75) is 6.61 Å². The predicted molar refractivity (Wildman–Crippen MR) is 81.6 cm³/mol. The van der Waals surface area contributed by atoms with Crippen molar-refractivity contribution in [1.82, 2.24) is 0 Å². The third-order valence-corrected chi connectivity index (χ3v) is 3.21. The number of carbonyl (C=O) groups excluding carboxylic acids is 2. The molecule has 2 amide bonds. The molecule has 0 aromatic heterocycles. The summed E-state index contributed by atoms with van der Waals surface area (Å²) in [5, 5.41) is 5.26. The van der Waals surface area contributed by atoms with Crippen molar-refractivity contribution in [3.63, 3.8) is 0 Å². The first-order valence-electron chi connectivity index (χ1n) is 6.94. The Balaban J connectivity index is 1.70. The molecule has 0 spiro atoms. The van der Waals surface area contributed by atoms with E-state index >= 15 is 0 Å². The Morgan fingerprint density at radius 1 is 1.21 bits per heavy atom. The largest absolute Gasteiger partial charge is 0.482 e. The van der Waals surface area contributed by atoms with Gasteiger partial charge >= 0.3 is 6.61 Å². The second-order valence-corrected chi connectivity index (χ2v) is 4.90. The molecule has 2 aromatic rings. The van der Waals surface area contributed by atoms with E-state index in [-0.39, 0.29) is 18.3 Å². The summed E-state index contributed by atoms with van der Waals surface area (Å²) in [6, 6.07) is 10.2. The lowest BCUT2D eigenvalue weighted by atomic mass is 10.1. The number of alkyl halides is 2. The standard InChI is InChI=1S/C16H12F2N2O4/c17-16(18)24-11-4-2-10(3-5-11)19-15(22)9-1-6-12-13(7-9)23-8-14(21)20-12/h1-7,16H,8H2,(H,19,22)(H,20,21). The van der Waals surface area contributed by atoms with Crippen LogP contribution in [0.4, 0.5) is 20.2 Å². The fourth-order valence-corrected chi connectivity index (χ4v) is 2.14. The van der Waals surface area contributed by atoms with Gasteiger partial charge in [0.2, 0.25) is 0 Å². The third kappa shape index (κ3) is 3.60. The summed E-state index contributed by atoms with van der Waals surface area (Å²) in [6.07, 6.45) is 0. The predicted octanol–water partition coefficient (Wildman–Crippen LogP) is 2.87. The van der Waals surface area contributed by atoms with E-state index in [0.717, 1.165) is 0 Å². The number of rotatable bonds is 4. The molecule has 3 rings (SSSR count). The van der Waals surface area contributed by atoms with Crippen LogP contribution in [0.25, 0.3) is 0 Å². The van der Waals surface area contributed by atoms with Gasteiger partial charge in [0.25, 0.3) is 11.8 Å². The molecule has 124 valence electrons. The molecular weight excluding hydrogens is 322 g/mol. The van der Waals surface area contributed by atoms with Crippen LogP contribution in [0.3, 0.4) is 0 Å². The molecule has 0 radical (unpaired) electrons. The molecule has 0 aliphatic carbocycles. The quantitative estimate of drug-likeness (QED) is 0.901. The van der Waals surface area contributed by atoms with Gasteiger partial charge in [-0.2, -0.15) is 8.78 Å². The number of hydrogen-bond donors (Lipinski definition) is 2. The Morgan fingerprint density at radius 3 is 2.67 bits per heavy atom. The molecule has 0 saturated carbocycles. The highest BCUT2D eigenvalue weighted by molar-refractivity contribution is 6.05. The van der Waals surface area contributed by atoms with E-state index in [2.05, 4.69) is 15.4 Å². The minimum atomic E-state index is -2.90. The first kappa shape index (κ1) is 15.7. The summed E-state index contributed by atoms with van der Waals surface area (Å²) < 4.78 is 33.7. The molecule has 2 aromatic carbocycles. The topological polar surface area (TPSA) is 76.7 Å². The second-order valence-electron chi connectivity index (χ2n) is 4.90. The molecule has 1 aliphatic rings. The van der Waals surface area contributed by atoms with E-state index in [1.165, 1.54) is 36.4 Å². The summed E-state index contributed by atoms with van der Waals surface area (Å²) in [4.78, 5) is 23.4. The van der Waals surface area contributed by atoms with Crippen LogP contribution in [0.5, 0.6) is 11.5 Å². The number of anilines is 2. The molecule has 0 fully saturated rings.